The number of aromatic amines is 1. The van der Waals surface area contributed by atoms with E-state index in [1.54, 1.807) is 18.2 Å². The molecule has 0 bridgehead atoms. The number of aromatic nitrogens is 2. The van der Waals surface area contributed by atoms with Gasteiger partial charge in [-0.25, -0.2) is 5.43 Å². The summed E-state index contributed by atoms with van der Waals surface area (Å²) >= 11 is 0. The lowest BCUT2D eigenvalue weighted by Crippen LogP contribution is -2.18. The van der Waals surface area contributed by atoms with E-state index in [9.17, 15) is 9.90 Å². The quantitative estimate of drug-likeness (QED) is 0.268. The lowest BCUT2D eigenvalue weighted by Gasteiger charge is -2.07. The van der Waals surface area contributed by atoms with Crippen LogP contribution < -0.4 is 14.9 Å². The Labute approximate surface area is 196 Å². The Morgan fingerprint density at radius 2 is 1.85 bits per heavy atom. The molecule has 0 fully saturated rings. The molecule has 0 saturated heterocycles. The molecule has 0 spiro atoms. The molecule has 4 rings (SSSR count). The number of hydrazone groups is 1. The van der Waals surface area contributed by atoms with E-state index in [0.29, 0.717) is 23.6 Å². The number of carbonyl (C=O) groups excluding carboxylic acids is 1. The van der Waals surface area contributed by atoms with E-state index in [-0.39, 0.29) is 11.4 Å². The van der Waals surface area contributed by atoms with Crippen LogP contribution in [0.3, 0.4) is 0 Å². The topological polar surface area (TPSA) is 109 Å². The summed E-state index contributed by atoms with van der Waals surface area (Å²) in [6.07, 6.45) is 1.45. The van der Waals surface area contributed by atoms with Gasteiger partial charge in [0.05, 0.1) is 19.0 Å². The van der Waals surface area contributed by atoms with Gasteiger partial charge in [0.25, 0.3) is 5.91 Å². The molecule has 0 unspecified atom stereocenters. The Balaban J connectivity index is 1.34. The zero-order valence-electron chi connectivity index (χ0n) is 18.8. The molecule has 34 heavy (non-hydrogen) atoms. The minimum absolute atomic E-state index is 0.0273. The van der Waals surface area contributed by atoms with Crippen LogP contribution in [0.5, 0.6) is 17.2 Å². The Morgan fingerprint density at radius 1 is 1.09 bits per heavy atom. The molecule has 172 valence electrons. The number of rotatable bonds is 8. The first-order valence-corrected chi connectivity index (χ1v) is 10.6. The molecule has 4 aromatic rings. The summed E-state index contributed by atoms with van der Waals surface area (Å²) in [5, 5.41) is 20.5. The van der Waals surface area contributed by atoms with E-state index < -0.39 is 5.91 Å². The molecule has 0 atom stereocenters. The number of aromatic hydroxyl groups is 1. The maximum absolute atomic E-state index is 12.4. The number of H-pyrrole nitrogens is 1. The molecule has 1 heterocycles. The summed E-state index contributed by atoms with van der Waals surface area (Å²) in [6, 6.07) is 22.1. The van der Waals surface area contributed by atoms with Gasteiger partial charge in [-0.1, -0.05) is 29.8 Å². The van der Waals surface area contributed by atoms with Crippen molar-refractivity contribution >= 4 is 12.1 Å². The Bertz CT molecular complexity index is 1300. The fourth-order valence-corrected chi connectivity index (χ4v) is 3.16. The standard InChI is InChI=1S/C26H24N4O4/c1-17-3-5-18(6-4-17)16-34-21-10-8-20(9-11-21)22-14-23(29-28-22)26(32)30-27-15-19-7-12-24(31)25(13-19)33-2/h3-15,31H,16H2,1-2H3,(H,28,29)(H,30,32). The van der Waals surface area contributed by atoms with Gasteiger partial charge in [-0.05, 0) is 66.6 Å². The summed E-state index contributed by atoms with van der Waals surface area (Å²) in [5.41, 5.74) is 7.16. The van der Waals surface area contributed by atoms with E-state index >= 15 is 0 Å². The lowest BCUT2D eigenvalue weighted by molar-refractivity contribution is 0.0950. The second kappa shape index (κ2) is 10.4. The monoisotopic (exact) mass is 456 g/mol. The van der Waals surface area contributed by atoms with Crippen LogP contribution in [0.15, 0.2) is 77.9 Å². The third-order valence-corrected chi connectivity index (χ3v) is 5.08. The van der Waals surface area contributed by atoms with Crippen LogP contribution in [-0.2, 0) is 6.61 Å². The van der Waals surface area contributed by atoms with Gasteiger partial charge in [0, 0.05) is 5.56 Å². The summed E-state index contributed by atoms with van der Waals surface area (Å²) in [4.78, 5) is 12.4. The average Bonchev–Trinajstić information content (AvgIpc) is 3.35. The van der Waals surface area contributed by atoms with Crippen LogP contribution >= 0.6 is 0 Å². The summed E-state index contributed by atoms with van der Waals surface area (Å²) in [7, 11) is 1.46. The van der Waals surface area contributed by atoms with Crippen LogP contribution in [0.4, 0.5) is 0 Å². The Hall–Kier alpha value is -4.59. The highest BCUT2D eigenvalue weighted by Gasteiger charge is 2.11. The van der Waals surface area contributed by atoms with Gasteiger partial charge in [0.2, 0.25) is 0 Å². The summed E-state index contributed by atoms with van der Waals surface area (Å²) in [5.74, 6) is 0.663. The maximum atomic E-state index is 12.4. The number of nitrogens with zero attached hydrogens (tertiary/aromatic N) is 2. The SMILES string of the molecule is COc1cc(C=NNC(=O)c2cc(-c3ccc(OCc4ccc(C)cc4)cc3)n[nH]2)ccc1O. The van der Waals surface area contributed by atoms with Crippen molar-refractivity contribution in [3.63, 3.8) is 0 Å². The molecule has 0 aliphatic heterocycles. The number of ether oxygens (including phenoxy) is 2. The first kappa shape index (κ1) is 22.6. The Morgan fingerprint density at radius 3 is 2.59 bits per heavy atom. The molecule has 3 aromatic carbocycles. The second-order valence-corrected chi connectivity index (χ2v) is 7.60. The van der Waals surface area contributed by atoms with E-state index in [2.05, 4.69) is 39.8 Å². The fraction of sp³-hybridized carbons (Fsp3) is 0.115. The van der Waals surface area contributed by atoms with E-state index in [0.717, 1.165) is 16.9 Å². The predicted molar refractivity (Wildman–Crippen MR) is 129 cm³/mol. The van der Waals surface area contributed by atoms with Crippen LogP contribution in [-0.4, -0.2) is 34.5 Å². The minimum Gasteiger partial charge on any atom is -0.504 e. The molecule has 1 amide bonds. The van der Waals surface area contributed by atoms with Gasteiger partial charge in [0.1, 0.15) is 18.1 Å². The minimum atomic E-state index is -0.432. The molecule has 1 aromatic heterocycles. The van der Waals surface area contributed by atoms with Crippen LogP contribution in [0, 0.1) is 6.92 Å². The van der Waals surface area contributed by atoms with Crippen LogP contribution in [0.1, 0.15) is 27.2 Å². The highest BCUT2D eigenvalue weighted by atomic mass is 16.5. The number of hydrogen-bond acceptors (Lipinski definition) is 6. The van der Waals surface area contributed by atoms with E-state index in [1.807, 2.05) is 36.4 Å². The zero-order chi connectivity index (χ0) is 23.9. The molecule has 3 N–H and O–H groups in total. The second-order valence-electron chi connectivity index (χ2n) is 7.60. The number of methoxy groups -OCH3 is 1. The van der Waals surface area contributed by atoms with E-state index in [4.69, 9.17) is 9.47 Å². The number of amides is 1. The maximum Gasteiger partial charge on any atom is 0.289 e. The van der Waals surface area contributed by atoms with Crippen molar-refractivity contribution in [2.45, 2.75) is 13.5 Å². The molecule has 0 aliphatic carbocycles. The molecular formula is C26H24N4O4. The van der Waals surface area contributed by atoms with Gasteiger partial charge in [-0.3, -0.25) is 9.89 Å². The van der Waals surface area contributed by atoms with Crippen molar-refractivity contribution < 1.29 is 19.4 Å². The van der Waals surface area contributed by atoms with Crippen molar-refractivity contribution in [3.05, 3.63) is 95.2 Å². The number of hydrogen-bond donors (Lipinski definition) is 3. The molecule has 8 nitrogen and oxygen atoms in total. The summed E-state index contributed by atoms with van der Waals surface area (Å²) < 4.78 is 10.9. The fourth-order valence-electron chi connectivity index (χ4n) is 3.16. The third-order valence-electron chi connectivity index (χ3n) is 5.08. The number of phenolic OH excluding ortho intramolecular Hbond substituents is 1. The number of aryl methyl sites for hydroxylation is 1. The normalized spacial score (nSPS) is 10.9. The molecule has 0 saturated carbocycles. The first-order chi connectivity index (χ1) is 16.5. The number of benzene rings is 3. The van der Waals surface area contributed by atoms with Gasteiger partial charge in [-0.15, -0.1) is 0 Å². The van der Waals surface area contributed by atoms with Crippen molar-refractivity contribution in [1.82, 2.24) is 15.6 Å². The van der Waals surface area contributed by atoms with Crippen molar-refractivity contribution in [3.8, 4) is 28.5 Å². The van der Waals surface area contributed by atoms with Gasteiger partial charge < -0.3 is 14.6 Å². The zero-order valence-corrected chi connectivity index (χ0v) is 18.8. The highest BCUT2D eigenvalue weighted by Crippen LogP contribution is 2.25. The van der Waals surface area contributed by atoms with Crippen LogP contribution in [0.2, 0.25) is 0 Å². The summed E-state index contributed by atoms with van der Waals surface area (Å²) in [6.45, 7) is 2.54. The number of carbonyl (C=O) groups is 1. The van der Waals surface area contributed by atoms with Crippen LogP contribution in [0.25, 0.3) is 11.3 Å². The molecule has 8 heteroatoms. The van der Waals surface area contributed by atoms with Crippen molar-refractivity contribution in [2.75, 3.05) is 7.11 Å². The average molecular weight is 457 g/mol. The van der Waals surface area contributed by atoms with Gasteiger partial charge >= 0.3 is 0 Å². The lowest BCUT2D eigenvalue weighted by atomic mass is 10.1. The smallest absolute Gasteiger partial charge is 0.289 e. The van der Waals surface area contributed by atoms with Crippen molar-refractivity contribution in [2.24, 2.45) is 5.10 Å². The number of phenols is 1. The first-order valence-electron chi connectivity index (χ1n) is 10.6. The van der Waals surface area contributed by atoms with Gasteiger partial charge in [0.15, 0.2) is 11.5 Å². The van der Waals surface area contributed by atoms with Gasteiger partial charge in [-0.2, -0.15) is 10.2 Å². The third kappa shape index (κ3) is 5.60. The Kier molecular flexibility index (Phi) is 6.88. The van der Waals surface area contributed by atoms with Crippen molar-refractivity contribution in [1.29, 1.82) is 0 Å². The number of nitrogens with one attached hydrogen (secondary N) is 2. The molecular weight excluding hydrogens is 432 g/mol. The largest absolute Gasteiger partial charge is 0.504 e. The highest BCUT2D eigenvalue weighted by molar-refractivity contribution is 5.94. The molecule has 0 radical (unpaired) electrons. The molecule has 0 aliphatic rings. The van der Waals surface area contributed by atoms with E-state index in [1.165, 1.54) is 25.0 Å². The predicted octanol–water partition coefficient (Wildman–Crippen LogP) is 4.44.